The lowest BCUT2D eigenvalue weighted by Crippen LogP contribution is -2.48. The van der Waals surface area contributed by atoms with Gasteiger partial charge in [-0.25, -0.2) is 8.42 Å². The van der Waals surface area contributed by atoms with E-state index in [0.717, 1.165) is 41.1 Å². The lowest BCUT2D eigenvalue weighted by molar-refractivity contribution is -0.158. The second-order valence-corrected chi connectivity index (χ2v) is 11.1. The van der Waals surface area contributed by atoms with E-state index >= 15 is 0 Å². The molecule has 1 heterocycles. The quantitative estimate of drug-likeness (QED) is 0.621. The number of rotatable bonds is 6. The van der Waals surface area contributed by atoms with Crippen LogP contribution < -0.4 is 5.32 Å². The Morgan fingerprint density at radius 2 is 1.88 bits per heavy atom. The number of sulfonamides is 1. The Kier molecular flexibility index (Phi) is 7.62. The molecule has 2 fully saturated rings. The third-order valence-corrected chi connectivity index (χ3v) is 8.56. The van der Waals surface area contributed by atoms with E-state index in [1.165, 1.54) is 13.0 Å². The molecular weight excluding hydrogens is 432 g/mol. The summed E-state index contributed by atoms with van der Waals surface area (Å²) >= 11 is 0. The van der Waals surface area contributed by atoms with E-state index in [1.807, 2.05) is 13.8 Å². The van der Waals surface area contributed by atoms with Crippen molar-refractivity contribution in [1.29, 1.82) is 0 Å². The zero-order valence-corrected chi connectivity index (χ0v) is 20.0. The van der Waals surface area contributed by atoms with E-state index in [4.69, 9.17) is 4.74 Å². The van der Waals surface area contributed by atoms with Crippen molar-refractivity contribution < 1.29 is 27.9 Å². The summed E-state index contributed by atoms with van der Waals surface area (Å²) in [6.45, 7) is 7.07. The summed E-state index contributed by atoms with van der Waals surface area (Å²) in [7, 11) is -4.02. The predicted octanol–water partition coefficient (Wildman–Crippen LogP) is 2.05. The van der Waals surface area contributed by atoms with Crippen molar-refractivity contribution in [3.05, 3.63) is 29.3 Å². The van der Waals surface area contributed by atoms with Gasteiger partial charge in [0.25, 0.3) is 5.91 Å². The number of aliphatic hydroxyl groups is 1. The van der Waals surface area contributed by atoms with Gasteiger partial charge in [-0.3, -0.25) is 9.59 Å². The maximum atomic E-state index is 13.2. The summed E-state index contributed by atoms with van der Waals surface area (Å²) < 4.78 is 32.8. The minimum Gasteiger partial charge on any atom is -0.451 e. The molecule has 0 spiro atoms. The van der Waals surface area contributed by atoms with Gasteiger partial charge < -0.3 is 15.2 Å². The van der Waals surface area contributed by atoms with Crippen LogP contribution in [0.5, 0.6) is 0 Å². The molecule has 2 aliphatic rings. The summed E-state index contributed by atoms with van der Waals surface area (Å²) in [6, 6.07) is 3.62. The lowest BCUT2D eigenvalue weighted by Gasteiger charge is -2.30. The number of aryl methyl sites for hydroxylation is 2. The highest BCUT2D eigenvalue weighted by Crippen LogP contribution is 2.29. The smallest absolute Gasteiger partial charge is 0.325 e. The molecule has 1 aromatic carbocycles. The van der Waals surface area contributed by atoms with Crippen molar-refractivity contribution >= 4 is 21.9 Å². The Morgan fingerprint density at radius 1 is 1.19 bits per heavy atom. The van der Waals surface area contributed by atoms with Crippen LogP contribution >= 0.6 is 0 Å². The largest absolute Gasteiger partial charge is 0.451 e. The fourth-order valence-electron chi connectivity index (χ4n) is 4.41. The topological polar surface area (TPSA) is 113 Å². The van der Waals surface area contributed by atoms with E-state index in [0.29, 0.717) is 5.92 Å². The molecule has 0 aromatic heterocycles. The van der Waals surface area contributed by atoms with Gasteiger partial charge in [0.1, 0.15) is 6.04 Å². The Bertz CT molecular complexity index is 963. The summed E-state index contributed by atoms with van der Waals surface area (Å²) in [6.07, 6.45) is 2.02. The van der Waals surface area contributed by atoms with Crippen LogP contribution in [0.15, 0.2) is 23.1 Å². The van der Waals surface area contributed by atoms with E-state index in [9.17, 15) is 23.1 Å². The molecule has 1 aromatic rings. The first-order valence-corrected chi connectivity index (χ1v) is 12.7. The molecule has 32 heavy (non-hydrogen) atoms. The average molecular weight is 467 g/mol. The number of amides is 1. The highest BCUT2D eigenvalue weighted by molar-refractivity contribution is 7.89. The van der Waals surface area contributed by atoms with Crippen molar-refractivity contribution in [1.82, 2.24) is 9.62 Å². The summed E-state index contributed by atoms with van der Waals surface area (Å²) in [5.74, 6) is -0.855. The molecule has 1 saturated heterocycles. The number of esters is 1. The van der Waals surface area contributed by atoms with Gasteiger partial charge >= 0.3 is 5.97 Å². The number of carbonyl (C=O) groups is 2. The zero-order chi connectivity index (χ0) is 23.6. The summed E-state index contributed by atoms with van der Waals surface area (Å²) in [5.41, 5.74) is 1.76. The standard InChI is InChI=1S/C23H34N2O6S/c1-14-9-10-19(11-16(14)3)32(29,30)25-13-18(26)12-21(25)23(28)31-17(4)22(27)24-20-8-6-5-7-15(20)2/h9-11,15,17-18,20-21,26H,5-8,12-13H2,1-4H3,(H,24,27). The average Bonchev–Trinajstić information content (AvgIpc) is 3.14. The SMILES string of the molecule is Cc1ccc(S(=O)(=O)N2CC(O)CC2C(=O)OC(C)C(=O)NC2CCCCC2C)cc1C. The Morgan fingerprint density at radius 3 is 2.53 bits per heavy atom. The third kappa shape index (κ3) is 5.32. The van der Waals surface area contributed by atoms with Gasteiger partial charge in [0.2, 0.25) is 10.0 Å². The summed E-state index contributed by atoms with van der Waals surface area (Å²) in [4.78, 5) is 25.5. The Labute approximate surface area is 190 Å². The minimum absolute atomic E-state index is 0.0485. The maximum absolute atomic E-state index is 13.2. The molecule has 3 rings (SSSR count). The highest BCUT2D eigenvalue weighted by Gasteiger charge is 2.45. The van der Waals surface area contributed by atoms with Crippen molar-refractivity contribution in [3.63, 3.8) is 0 Å². The van der Waals surface area contributed by atoms with Crippen LogP contribution in [0.3, 0.4) is 0 Å². The molecule has 8 nitrogen and oxygen atoms in total. The molecule has 1 saturated carbocycles. The van der Waals surface area contributed by atoms with Crippen LogP contribution in [0, 0.1) is 19.8 Å². The first-order valence-electron chi connectivity index (χ1n) is 11.3. The van der Waals surface area contributed by atoms with Crippen LogP contribution in [-0.2, 0) is 24.3 Å². The number of aliphatic hydroxyl groups excluding tert-OH is 1. The van der Waals surface area contributed by atoms with Gasteiger partial charge in [0.05, 0.1) is 11.0 Å². The van der Waals surface area contributed by atoms with Crippen LogP contribution in [0.2, 0.25) is 0 Å². The number of β-amino-alcohol motifs (C(OH)–C–C–N with tert-alkyl or cyclic N) is 1. The van der Waals surface area contributed by atoms with Crippen molar-refractivity contribution in [2.45, 2.75) is 89.0 Å². The molecule has 178 valence electrons. The van der Waals surface area contributed by atoms with Crippen molar-refractivity contribution in [2.75, 3.05) is 6.54 Å². The van der Waals surface area contributed by atoms with E-state index in [2.05, 4.69) is 12.2 Å². The van der Waals surface area contributed by atoms with Crippen LogP contribution in [0.4, 0.5) is 0 Å². The maximum Gasteiger partial charge on any atom is 0.325 e. The molecule has 1 aliphatic carbocycles. The number of ether oxygens (including phenoxy) is 1. The monoisotopic (exact) mass is 466 g/mol. The summed E-state index contributed by atoms with van der Waals surface area (Å²) in [5, 5.41) is 13.1. The second-order valence-electron chi connectivity index (χ2n) is 9.18. The zero-order valence-electron chi connectivity index (χ0n) is 19.2. The van der Waals surface area contributed by atoms with Crippen molar-refractivity contribution in [3.8, 4) is 0 Å². The molecular formula is C23H34N2O6S. The number of hydrogen-bond acceptors (Lipinski definition) is 6. The molecule has 9 heteroatoms. The van der Waals surface area contributed by atoms with Gasteiger partial charge in [-0.15, -0.1) is 0 Å². The van der Waals surface area contributed by atoms with Crippen LogP contribution in [-0.4, -0.2) is 60.5 Å². The molecule has 2 N–H and O–H groups in total. The first-order chi connectivity index (χ1) is 15.0. The van der Waals surface area contributed by atoms with E-state index < -0.39 is 34.2 Å². The molecule has 0 radical (unpaired) electrons. The second kappa shape index (κ2) is 9.89. The number of hydrogen-bond donors (Lipinski definition) is 2. The Hall–Kier alpha value is -1.97. The van der Waals surface area contributed by atoms with E-state index in [-0.39, 0.29) is 29.8 Å². The number of carbonyl (C=O) groups excluding carboxylic acids is 2. The van der Waals surface area contributed by atoms with Gasteiger partial charge in [-0.1, -0.05) is 25.8 Å². The fraction of sp³-hybridized carbons (Fsp3) is 0.652. The number of benzene rings is 1. The lowest BCUT2D eigenvalue weighted by atomic mass is 9.86. The van der Waals surface area contributed by atoms with Gasteiger partial charge in [-0.2, -0.15) is 4.31 Å². The third-order valence-electron chi connectivity index (χ3n) is 6.69. The number of nitrogens with zero attached hydrogens (tertiary/aromatic N) is 1. The highest BCUT2D eigenvalue weighted by atomic mass is 32.2. The minimum atomic E-state index is -4.02. The molecule has 5 atom stereocenters. The normalized spacial score (nSPS) is 27.7. The van der Waals surface area contributed by atoms with E-state index in [1.54, 1.807) is 12.1 Å². The van der Waals surface area contributed by atoms with Crippen LogP contribution in [0.1, 0.15) is 57.1 Å². The molecule has 0 bridgehead atoms. The van der Waals surface area contributed by atoms with Crippen molar-refractivity contribution in [2.24, 2.45) is 5.92 Å². The Balaban J connectivity index is 1.70. The molecule has 5 unspecified atom stereocenters. The number of nitrogens with one attached hydrogen (secondary N) is 1. The van der Waals surface area contributed by atoms with Gasteiger partial charge in [0, 0.05) is 19.0 Å². The predicted molar refractivity (Wildman–Crippen MR) is 119 cm³/mol. The fourth-order valence-corrected chi connectivity index (χ4v) is 6.12. The van der Waals surface area contributed by atoms with Gasteiger partial charge in [0.15, 0.2) is 6.10 Å². The molecule has 1 aliphatic heterocycles. The first kappa shape index (κ1) is 24.7. The van der Waals surface area contributed by atoms with Crippen LogP contribution in [0.25, 0.3) is 0 Å². The molecule has 1 amide bonds. The van der Waals surface area contributed by atoms with Gasteiger partial charge in [-0.05, 0) is 62.8 Å².